The molecule has 3 rings (SSSR count). The molecule has 0 spiro atoms. The highest BCUT2D eigenvalue weighted by molar-refractivity contribution is 7.71. The number of aromatic nitrogens is 3. The van der Waals surface area contributed by atoms with Crippen molar-refractivity contribution in [1.82, 2.24) is 15.0 Å². The smallest absolute Gasteiger partial charge is 0.255 e. The van der Waals surface area contributed by atoms with Crippen molar-refractivity contribution in [3.63, 3.8) is 0 Å². The zero-order chi connectivity index (χ0) is 14.7. The molecule has 21 heavy (non-hydrogen) atoms. The van der Waals surface area contributed by atoms with Gasteiger partial charge in [0.15, 0.2) is 4.77 Å². The van der Waals surface area contributed by atoms with E-state index < -0.39 is 0 Å². The first-order chi connectivity index (χ1) is 10.2. The number of hydrogen-bond donors (Lipinski definition) is 2. The second kappa shape index (κ2) is 5.85. The quantitative estimate of drug-likeness (QED) is 0.730. The van der Waals surface area contributed by atoms with Crippen LogP contribution in [0.4, 0.5) is 0 Å². The second-order valence-corrected chi connectivity index (χ2v) is 5.03. The monoisotopic (exact) mass is 295 g/mol. The summed E-state index contributed by atoms with van der Waals surface area (Å²) in [4.78, 5) is 22.3. The minimum absolute atomic E-state index is 0.178. The Morgan fingerprint density at radius 1 is 1.00 bits per heavy atom. The molecule has 0 atom stereocenters. The molecule has 104 valence electrons. The fourth-order valence-corrected chi connectivity index (χ4v) is 2.41. The Hall–Kier alpha value is -2.53. The van der Waals surface area contributed by atoms with E-state index in [0.29, 0.717) is 16.8 Å². The van der Waals surface area contributed by atoms with Gasteiger partial charge in [-0.15, -0.1) is 0 Å². The molecule has 0 saturated heterocycles. The van der Waals surface area contributed by atoms with E-state index in [1.807, 2.05) is 48.5 Å². The molecule has 0 saturated carbocycles. The summed E-state index contributed by atoms with van der Waals surface area (Å²) in [7, 11) is 0. The van der Waals surface area contributed by atoms with Gasteiger partial charge in [0.05, 0.1) is 5.69 Å². The minimum atomic E-state index is -0.178. The average molecular weight is 295 g/mol. The van der Waals surface area contributed by atoms with E-state index in [4.69, 9.17) is 12.2 Å². The molecular weight excluding hydrogens is 282 g/mol. The molecule has 0 aliphatic carbocycles. The van der Waals surface area contributed by atoms with Crippen LogP contribution in [0, 0.1) is 4.77 Å². The first-order valence-corrected chi connectivity index (χ1v) is 6.95. The largest absolute Gasteiger partial charge is 0.331 e. The third-order valence-electron chi connectivity index (χ3n) is 3.19. The van der Waals surface area contributed by atoms with Crippen molar-refractivity contribution >= 4 is 12.2 Å². The zero-order valence-electron chi connectivity index (χ0n) is 11.2. The summed E-state index contributed by atoms with van der Waals surface area (Å²) >= 11 is 5.08. The maximum Gasteiger partial charge on any atom is 0.255 e. The third kappa shape index (κ3) is 2.98. The molecule has 4 nitrogen and oxygen atoms in total. The van der Waals surface area contributed by atoms with E-state index in [2.05, 4.69) is 15.0 Å². The Morgan fingerprint density at radius 3 is 2.48 bits per heavy atom. The van der Waals surface area contributed by atoms with Crippen LogP contribution >= 0.6 is 12.2 Å². The predicted octanol–water partition coefficient (Wildman–Crippen LogP) is 3.09. The minimum Gasteiger partial charge on any atom is -0.331 e. The Balaban J connectivity index is 2.16. The lowest BCUT2D eigenvalue weighted by Crippen LogP contribution is -2.17. The van der Waals surface area contributed by atoms with E-state index in [9.17, 15) is 4.79 Å². The number of nitrogens with one attached hydrogen (secondary N) is 2. The van der Waals surface area contributed by atoms with Crippen LogP contribution in [0.2, 0.25) is 0 Å². The maximum absolute atomic E-state index is 12.3. The Labute approximate surface area is 126 Å². The van der Waals surface area contributed by atoms with Crippen molar-refractivity contribution in [2.75, 3.05) is 0 Å². The van der Waals surface area contributed by atoms with E-state index in [1.165, 1.54) is 0 Å². The normalized spacial score (nSPS) is 10.5. The van der Waals surface area contributed by atoms with Gasteiger partial charge in [0, 0.05) is 23.9 Å². The van der Waals surface area contributed by atoms with Gasteiger partial charge in [0.1, 0.15) is 0 Å². The molecule has 0 aliphatic rings. The predicted molar refractivity (Wildman–Crippen MR) is 84.7 cm³/mol. The first kappa shape index (κ1) is 13.5. The SMILES string of the molecule is O=c1[nH]c(=S)[nH]c(-c2ccccc2)c1Cc1ccccn1. The molecule has 0 fully saturated rings. The van der Waals surface area contributed by atoms with Crippen LogP contribution in [0.15, 0.2) is 59.5 Å². The summed E-state index contributed by atoms with van der Waals surface area (Å²) in [6, 6.07) is 15.3. The molecule has 0 aliphatic heterocycles. The molecule has 0 radical (unpaired) electrons. The van der Waals surface area contributed by atoms with Crippen molar-refractivity contribution in [1.29, 1.82) is 0 Å². The summed E-state index contributed by atoms with van der Waals surface area (Å²) < 4.78 is 0.323. The molecule has 0 bridgehead atoms. The van der Waals surface area contributed by atoms with Gasteiger partial charge in [-0.3, -0.25) is 14.8 Å². The number of nitrogens with zero attached hydrogens (tertiary/aromatic N) is 1. The highest BCUT2D eigenvalue weighted by Gasteiger charge is 2.11. The molecule has 2 heterocycles. The zero-order valence-corrected chi connectivity index (χ0v) is 12.0. The number of rotatable bonds is 3. The van der Waals surface area contributed by atoms with Gasteiger partial charge in [0.25, 0.3) is 5.56 Å². The van der Waals surface area contributed by atoms with Crippen LogP contribution in [0.3, 0.4) is 0 Å². The van der Waals surface area contributed by atoms with Gasteiger partial charge < -0.3 is 4.98 Å². The van der Waals surface area contributed by atoms with Crippen molar-refractivity contribution in [2.45, 2.75) is 6.42 Å². The highest BCUT2D eigenvalue weighted by Crippen LogP contribution is 2.20. The fourth-order valence-electron chi connectivity index (χ4n) is 2.22. The van der Waals surface area contributed by atoms with E-state index in [0.717, 1.165) is 17.0 Å². The molecule has 1 aromatic carbocycles. The van der Waals surface area contributed by atoms with Crippen molar-refractivity contribution in [3.05, 3.63) is 81.1 Å². The third-order valence-corrected chi connectivity index (χ3v) is 3.39. The van der Waals surface area contributed by atoms with Crippen LogP contribution in [-0.2, 0) is 6.42 Å². The summed E-state index contributed by atoms with van der Waals surface area (Å²) in [5, 5.41) is 0. The molecular formula is C16H13N3OS. The van der Waals surface area contributed by atoms with Gasteiger partial charge in [-0.25, -0.2) is 0 Å². The van der Waals surface area contributed by atoms with Gasteiger partial charge >= 0.3 is 0 Å². The lowest BCUT2D eigenvalue weighted by molar-refractivity contribution is 0.986. The summed E-state index contributed by atoms with van der Waals surface area (Å²) in [6.07, 6.45) is 2.17. The van der Waals surface area contributed by atoms with E-state index in [1.54, 1.807) is 6.20 Å². The number of H-pyrrole nitrogens is 2. The van der Waals surface area contributed by atoms with Crippen LogP contribution < -0.4 is 5.56 Å². The number of pyridine rings is 1. The molecule has 0 amide bonds. The van der Waals surface area contributed by atoms with Crippen molar-refractivity contribution < 1.29 is 0 Å². The average Bonchev–Trinajstić information content (AvgIpc) is 2.51. The number of aromatic amines is 2. The lowest BCUT2D eigenvalue weighted by Gasteiger charge is -2.08. The Kier molecular flexibility index (Phi) is 3.75. The van der Waals surface area contributed by atoms with E-state index >= 15 is 0 Å². The van der Waals surface area contributed by atoms with Crippen LogP contribution in [-0.4, -0.2) is 15.0 Å². The van der Waals surface area contributed by atoms with Gasteiger partial charge in [-0.2, -0.15) is 0 Å². The maximum atomic E-state index is 12.3. The lowest BCUT2D eigenvalue weighted by atomic mass is 10.0. The summed E-state index contributed by atoms with van der Waals surface area (Å²) in [5.41, 5.74) is 2.97. The topological polar surface area (TPSA) is 61.5 Å². The molecule has 2 aromatic heterocycles. The molecule has 0 unspecified atom stereocenters. The van der Waals surface area contributed by atoms with Crippen LogP contribution in [0.5, 0.6) is 0 Å². The van der Waals surface area contributed by atoms with Gasteiger partial charge in [-0.1, -0.05) is 36.4 Å². The van der Waals surface area contributed by atoms with Gasteiger partial charge in [-0.05, 0) is 29.9 Å². The summed E-state index contributed by atoms with van der Waals surface area (Å²) in [5.74, 6) is 0. The summed E-state index contributed by atoms with van der Waals surface area (Å²) in [6.45, 7) is 0. The molecule has 5 heteroatoms. The van der Waals surface area contributed by atoms with E-state index in [-0.39, 0.29) is 5.56 Å². The van der Waals surface area contributed by atoms with Crippen LogP contribution in [0.25, 0.3) is 11.3 Å². The number of benzene rings is 1. The fraction of sp³-hybridized carbons (Fsp3) is 0.0625. The molecule has 3 aromatic rings. The Morgan fingerprint density at radius 2 is 1.76 bits per heavy atom. The molecule has 2 N–H and O–H groups in total. The van der Waals surface area contributed by atoms with Crippen molar-refractivity contribution in [3.8, 4) is 11.3 Å². The van der Waals surface area contributed by atoms with Crippen LogP contribution in [0.1, 0.15) is 11.3 Å². The Bertz CT molecular complexity index is 854. The highest BCUT2D eigenvalue weighted by atomic mass is 32.1. The standard InChI is InChI=1S/C16H13N3OS/c20-15-13(10-12-8-4-5-9-17-12)14(18-16(21)19-15)11-6-2-1-3-7-11/h1-9H,10H2,(H2,18,19,20,21). The number of hydrogen-bond acceptors (Lipinski definition) is 3. The van der Waals surface area contributed by atoms with Crippen molar-refractivity contribution in [2.24, 2.45) is 0 Å². The first-order valence-electron chi connectivity index (χ1n) is 6.55. The van der Waals surface area contributed by atoms with Gasteiger partial charge in [0.2, 0.25) is 0 Å². The second-order valence-electron chi connectivity index (χ2n) is 4.63.